The number of benzene rings is 2. The number of rotatable bonds is 6. The van der Waals surface area contributed by atoms with Gasteiger partial charge in [0.2, 0.25) is 0 Å². The number of carbonyl (C=O) groups is 1. The average Bonchev–Trinajstić information content (AvgIpc) is 2.82. The Bertz CT molecular complexity index is 1030. The van der Waals surface area contributed by atoms with E-state index < -0.39 is 0 Å². The fourth-order valence-electron chi connectivity index (χ4n) is 4.36. The molecule has 1 aliphatic rings. The summed E-state index contributed by atoms with van der Waals surface area (Å²) in [5.41, 5.74) is 8.86. The van der Waals surface area contributed by atoms with Crippen molar-refractivity contribution in [3.63, 3.8) is 0 Å². The summed E-state index contributed by atoms with van der Waals surface area (Å²) in [7, 11) is 1.65. The van der Waals surface area contributed by atoms with Gasteiger partial charge in [0.1, 0.15) is 5.75 Å². The molecule has 0 atom stereocenters. The van der Waals surface area contributed by atoms with Gasteiger partial charge in [0.05, 0.1) is 23.9 Å². The number of para-hydroxylation sites is 2. The molecule has 30 heavy (non-hydrogen) atoms. The monoisotopic (exact) mass is 403 g/mol. The van der Waals surface area contributed by atoms with Gasteiger partial charge in [-0.15, -0.1) is 0 Å². The fourth-order valence-corrected chi connectivity index (χ4v) is 4.36. The van der Waals surface area contributed by atoms with E-state index in [9.17, 15) is 4.79 Å². The van der Waals surface area contributed by atoms with E-state index in [1.165, 1.54) is 0 Å². The van der Waals surface area contributed by atoms with E-state index >= 15 is 0 Å². The van der Waals surface area contributed by atoms with Crippen LogP contribution in [0, 0.1) is 11.8 Å². The van der Waals surface area contributed by atoms with Gasteiger partial charge in [0, 0.05) is 17.5 Å². The average molecular weight is 404 g/mol. The smallest absolute Gasteiger partial charge is 0.252 e. The van der Waals surface area contributed by atoms with Gasteiger partial charge in [-0.3, -0.25) is 4.79 Å². The summed E-state index contributed by atoms with van der Waals surface area (Å²) in [4.78, 5) is 18.0. The van der Waals surface area contributed by atoms with Crippen LogP contribution in [0.25, 0.3) is 22.2 Å². The van der Waals surface area contributed by atoms with E-state index in [0.29, 0.717) is 23.9 Å². The molecule has 0 spiro atoms. The second kappa shape index (κ2) is 9.26. The standard InChI is InChI=1S/C25H29N3O2/c1-30-24-9-5-3-7-20(24)23-14-21(19-6-2-4-8-22(19)28-23)25(29)27-16-18-12-10-17(15-26)11-13-18/h2-9,14,17-18H,10-13,15-16,26H2,1H3,(H,27,29). The van der Waals surface area contributed by atoms with Gasteiger partial charge in [-0.05, 0) is 68.3 Å². The molecule has 3 N–H and O–H groups in total. The van der Waals surface area contributed by atoms with Gasteiger partial charge in [-0.25, -0.2) is 4.98 Å². The SMILES string of the molecule is COc1ccccc1-c1cc(C(=O)NCC2CCC(CN)CC2)c2ccccc2n1. The number of nitrogens with one attached hydrogen (secondary N) is 1. The van der Waals surface area contributed by atoms with Crippen molar-refractivity contribution in [2.45, 2.75) is 25.7 Å². The first-order valence-corrected chi connectivity index (χ1v) is 10.7. The van der Waals surface area contributed by atoms with Crippen LogP contribution in [0.4, 0.5) is 0 Å². The minimum Gasteiger partial charge on any atom is -0.496 e. The minimum absolute atomic E-state index is 0.0503. The highest BCUT2D eigenvalue weighted by molar-refractivity contribution is 6.07. The molecule has 5 heteroatoms. The first-order chi connectivity index (χ1) is 14.7. The normalized spacial score (nSPS) is 18.9. The van der Waals surface area contributed by atoms with Crippen LogP contribution in [0.2, 0.25) is 0 Å². The number of nitrogens with two attached hydrogens (primary N) is 1. The Balaban J connectivity index is 1.60. The van der Waals surface area contributed by atoms with Crippen LogP contribution in [0.15, 0.2) is 54.6 Å². The van der Waals surface area contributed by atoms with Crippen LogP contribution in [-0.2, 0) is 0 Å². The number of pyridine rings is 1. The summed E-state index contributed by atoms with van der Waals surface area (Å²) in [5, 5.41) is 4.03. The van der Waals surface area contributed by atoms with Gasteiger partial charge in [0.25, 0.3) is 5.91 Å². The lowest BCUT2D eigenvalue weighted by Gasteiger charge is -2.27. The Kier molecular flexibility index (Phi) is 6.29. The van der Waals surface area contributed by atoms with E-state index in [4.69, 9.17) is 15.5 Å². The molecule has 1 aromatic heterocycles. The predicted molar refractivity (Wildman–Crippen MR) is 121 cm³/mol. The highest BCUT2D eigenvalue weighted by Crippen LogP contribution is 2.31. The van der Waals surface area contributed by atoms with Crippen molar-refractivity contribution in [3.8, 4) is 17.0 Å². The van der Waals surface area contributed by atoms with Crippen LogP contribution < -0.4 is 15.8 Å². The van der Waals surface area contributed by atoms with Crippen molar-refractivity contribution < 1.29 is 9.53 Å². The summed E-state index contributed by atoms with van der Waals surface area (Å²) in [6.07, 6.45) is 4.58. The molecule has 3 aromatic rings. The number of hydrogen-bond donors (Lipinski definition) is 2. The lowest BCUT2D eigenvalue weighted by atomic mass is 9.82. The molecule has 1 amide bonds. The molecule has 0 saturated heterocycles. The first-order valence-electron chi connectivity index (χ1n) is 10.7. The van der Waals surface area contributed by atoms with Gasteiger partial charge in [0.15, 0.2) is 0 Å². The third-order valence-corrected chi connectivity index (χ3v) is 6.19. The Morgan fingerprint density at radius 1 is 1.07 bits per heavy atom. The largest absolute Gasteiger partial charge is 0.496 e. The molecule has 1 heterocycles. The maximum absolute atomic E-state index is 13.2. The molecule has 0 unspecified atom stereocenters. The van der Waals surface area contributed by atoms with E-state index in [1.807, 2.05) is 54.6 Å². The zero-order chi connectivity index (χ0) is 20.9. The third kappa shape index (κ3) is 4.31. The van der Waals surface area contributed by atoms with Crippen LogP contribution >= 0.6 is 0 Å². The predicted octanol–water partition coefficient (Wildman–Crippen LogP) is 4.41. The van der Waals surface area contributed by atoms with E-state index in [-0.39, 0.29) is 5.91 Å². The third-order valence-electron chi connectivity index (χ3n) is 6.19. The number of hydrogen-bond acceptors (Lipinski definition) is 4. The van der Waals surface area contributed by atoms with Crippen molar-refractivity contribution in [3.05, 3.63) is 60.2 Å². The molecule has 1 fully saturated rings. The van der Waals surface area contributed by atoms with Crippen molar-refractivity contribution >= 4 is 16.8 Å². The number of methoxy groups -OCH3 is 1. The molecule has 0 bridgehead atoms. The molecule has 4 rings (SSSR count). The number of carbonyl (C=O) groups excluding carboxylic acids is 1. The summed E-state index contributed by atoms with van der Waals surface area (Å²) in [6, 6.07) is 17.4. The van der Waals surface area contributed by atoms with Crippen molar-refractivity contribution in [1.82, 2.24) is 10.3 Å². The van der Waals surface area contributed by atoms with Gasteiger partial charge < -0.3 is 15.8 Å². The minimum atomic E-state index is -0.0503. The number of amides is 1. The zero-order valence-corrected chi connectivity index (χ0v) is 17.4. The van der Waals surface area contributed by atoms with Crippen LogP contribution in [0.1, 0.15) is 36.0 Å². The Hall–Kier alpha value is -2.92. The summed E-state index contributed by atoms with van der Waals surface area (Å²) >= 11 is 0. The van der Waals surface area contributed by atoms with Crippen molar-refractivity contribution in [1.29, 1.82) is 0 Å². The second-order valence-electron chi connectivity index (χ2n) is 8.10. The van der Waals surface area contributed by atoms with Crippen molar-refractivity contribution in [2.24, 2.45) is 17.6 Å². The fraction of sp³-hybridized carbons (Fsp3) is 0.360. The van der Waals surface area contributed by atoms with Crippen LogP contribution in [0.5, 0.6) is 5.75 Å². The number of fused-ring (bicyclic) bond motifs is 1. The lowest BCUT2D eigenvalue weighted by molar-refractivity contribution is 0.0943. The Morgan fingerprint density at radius 3 is 2.53 bits per heavy atom. The number of nitrogens with zero attached hydrogens (tertiary/aromatic N) is 1. The highest BCUT2D eigenvalue weighted by atomic mass is 16.5. The van der Waals surface area contributed by atoms with E-state index in [2.05, 4.69) is 5.32 Å². The summed E-state index contributed by atoms with van der Waals surface area (Å²) in [6.45, 7) is 1.48. The molecular weight excluding hydrogens is 374 g/mol. The highest BCUT2D eigenvalue weighted by Gasteiger charge is 2.21. The maximum atomic E-state index is 13.2. The zero-order valence-electron chi connectivity index (χ0n) is 17.4. The molecule has 0 radical (unpaired) electrons. The summed E-state index contributed by atoms with van der Waals surface area (Å²) in [5.74, 6) is 1.86. The first kappa shape index (κ1) is 20.4. The second-order valence-corrected chi connectivity index (χ2v) is 8.10. The molecular formula is C25H29N3O2. The number of ether oxygens (including phenoxy) is 1. The molecule has 1 aliphatic carbocycles. The molecule has 156 valence electrons. The summed E-state index contributed by atoms with van der Waals surface area (Å²) < 4.78 is 5.51. The maximum Gasteiger partial charge on any atom is 0.252 e. The Morgan fingerprint density at radius 2 is 1.77 bits per heavy atom. The molecule has 5 nitrogen and oxygen atoms in total. The van der Waals surface area contributed by atoms with E-state index in [0.717, 1.165) is 60.1 Å². The Labute approximate surface area is 177 Å². The topological polar surface area (TPSA) is 77.2 Å². The lowest BCUT2D eigenvalue weighted by Crippen LogP contribution is -2.32. The molecule has 2 aromatic carbocycles. The molecule has 0 aliphatic heterocycles. The van der Waals surface area contributed by atoms with E-state index in [1.54, 1.807) is 7.11 Å². The van der Waals surface area contributed by atoms with Gasteiger partial charge in [-0.2, -0.15) is 0 Å². The quantitative estimate of drug-likeness (QED) is 0.639. The number of aromatic nitrogens is 1. The van der Waals surface area contributed by atoms with Crippen molar-refractivity contribution in [2.75, 3.05) is 20.2 Å². The van der Waals surface area contributed by atoms with Crippen LogP contribution in [0.3, 0.4) is 0 Å². The molecule has 1 saturated carbocycles. The van der Waals surface area contributed by atoms with Gasteiger partial charge in [-0.1, -0.05) is 30.3 Å². The van der Waals surface area contributed by atoms with Crippen LogP contribution in [-0.4, -0.2) is 31.1 Å². The van der Waals surface area contributed by atoms with Gasteiger partial charge >= 0.3 is 0 Å².